The third kappa shape index (κ3) is 57.0. The van der Waals surface area contributed by atoms with E-state index in [2.05, 4.69) is 191 Å². The van der Waals surface area contributed by atoms with E-state index in [1.807, 2.05) is 24.3 Å². The Morgan fingerprint density at radius 3 is 0.836 bits per heavy atom. The highest BCUT2D eigenvalue weighted by Gasteiger charge is 2.19. The predicted octanol–water partition coefficient (Wildman–Crippen LogP) is 19.1. The summed E-state index contributed by atoms with van der Waals surface area (Å²) in [4.78, 5) is 38.1. The second kappa shape index (κ2) is 58.8. The van der Waals surface area contributed by atoms with Crippen molar-refractivity contribution < 1.29 is 28.6 Å². The molecular weight excluding hydrogens is 901 g/mol. The fraction of sp³-hybridized carbons (Fsp3) is 0.478. The molecule has 0 aliphatic heterocycles. The number of hydrogen-bond donors (Lipinski definition) is 0. The van der Waals surface area contributed by atoms with Crippen LogP contribution in [0.3, 0.4) is 0 Å². The number of carbonyl (C=O) groups is 3. The van der Waals surface area contributed by atoms with Crippen LogP contribution in [0.1, 0.15) is 188 Å². The molecule has 0 aliphatic rings. The summed E-state index contributed by atoms with van der Waals surface area (Å²) in [6, 6.07) is 0. The molecule has 0 aromatic heterocycles. The summed E-state index contributed by atoms with van der Waals surface area (Å²) < 4.78 is 16.6. The molecule has 0 atom stereocenters. The molecule has 0 unspecified atom stereocenters. The van der Waals surface area contributed by atoms with Crippen molar-refractivity contribution in [3.63, 3.8) is 0 Å². The summed E-state index contributed by atoms with van der Waals surface area (Å²) in [7, 11) is 0. The average molecular weight is 1000 g/mol. The van der Waals surface area contributed by atoms with Gasteiger partial charge in [-0.25, -0.2) is 0 Å². The van der Waals surface area contributed by atoms with Crippen LogP contribution in [0.2, 0.25) is 0 Å². The summed E-state index contributed by atoms with van der Waals surface area (Å²) in [6.07, 6.45) is 90.2. The van der Waals surface area contributed by atoms with Gasteiger partial charge in [-0.3, -0.25) is 14.4 Å². The topological polar surface area (TPSA) is 78.9 Å². The first kappa shape index (κ1) is 67.2. The summed E-state index contributed by atoms with van der Waals surface area (Å²) in [5.41, 5.74) is 0. The van der Waals surface area contributed by atoms with Crippen molar-refractivity contribution in [2.24, 2.45) is 0 Å². The first-order valence-corrected chi connectivity index (χ1v) is 27.9. The van der Waals surface area contributed by atoms with Gasteiger partial charge in [0, 0.05) is 19.3 Å². The molecule has 0 bridgehead atoms. The van der Waals surface area contributed by atoms with Crippen molar-refractivity contribution >= 4 is 17.9 Å². The van der Waals surface area contributed by atoms with E-state index >= 15 is 0 Å². The smallest absolute Gasteiger partial charge is 0.306 e. The van der Waals surface area contributed by atoms with E-state index in [0.29, 0.717) is 19.3 Å². The lowest BCUT2D eigenvalue weighted by Crippen LogP contribution is -2.30. The zero-order valence-corrected chi connectivity index (χ0v) is 45.8. The molecule has 0 fully saturated rings. The van der Waals surface area contributed by atoms with Crippen LogP contribution in [0.15, 0.2) is 194 Å². The summed E-state index contributed by atoms with van der Waals surface area (Å²) in [5, 5.41) is 0. The molecule has 0 rings (SSSR count). The predicted molar refractivity (Wildman–Crippen MR) is 315 cm³/mol. The molecule has 6 nitrogen and oxygen atoms in total. The Balaban J connectivity index is 4.75. The minimum atomic E-state index is -0.881. The first-order chi connectivity index (χ1) is 36.0. The molecule has 0 amide bonds. The Kier molecular flexibility index (Phi) is 54.2. The molecule has 0 radical (unpaired) electrons. The summed E-state index contributed by atoms with van der Waals surface area (Å²) >= 11 is 0. The summed E-state index contributed by atoms with van der Waals surface area (Å²) in [5.74, 6) is -1.21. The van der Waals surface area contributed by atoms with E-state index in [1.165, 1.54) is 25.7 Å². The fourth-order valence-electron chi connectivity index (χ4n) is 6.48. The molecule has 0 N–H and O–H groups in total. The van der Waals surface area contributed by atoms with Crippen molar-refractivity contribution in [1.82, 2.24) is 0 Å². The van der Waals surface area contributed by atoms with Crippen LogP contribution in [0.5, 0.6) is 0 Å². The lowest BCUT2D eigenvalue weighted by Gasteiger charge is -2.18. The fourth-order valence-corrected chi connectivity index (χ4v) is 6.48. The van der Waals surface area contributed by atoms with Crippen molar-refractivity contribution in [3.8, 4) is 0 Å². The van der Waals surface area contributed by atoms with Gasteiger partial charge in [-0.1, -0.05) is 228 Å². The third-order valence-electron chi connectivity index (χ3n) is 10.6. The van der Waals surface area contributed by atoms with Gasteiger partial charge in [0.15, 0.2) is 6.10 Å². The van der Waals surface area contributed by atoms with Gasteiger partial charge >= 0.3 is 17.9 Å². The Morgan fingerprint density at radius 2 is 0.548 bits per heavy atom. The quantitative estimate of drug-likeness (QED) is 0.0262. The van der Waals surface area contributed by atoms with Crippen molar-refractivity contribution in [2.45, 2.75) is 194 Å². The largest absolute Gasteiger partial charge is 0.462 e. The average Bonchev–Trinajstić information content (AvgIpc) is 3.39. The van der Waals surface area contributed by atoms with Crippen LogP contribution in [0, 0.1) is 0 Å². The molecular formula is C67H98O6. The number of rotatable bonds is 47. The first-order valence-electron chi connectivity index (χ1n) is 27.9. The van der Waals surface area contributed by atoms with Gasteiger partial charge in [0.25, 0.3) is 0 Å². The molecule has 402 valence electrons. The molecule has 0 heterocycles. The van der Waals surface area contributed by atoms with E-state index in [4.69, 9.17) is 14.2 Å². The minimum Gasteiger partial charge on any atom is -0.462 e. The SMILES string of the molecule is CC/C=C\C/C=C\C/C=C\C/C=C\C/C=C\C/C=C\CCC(=O)OCC(COC(=O)CC/C=C\C/C=C\C/C=C\C/C=C\C/C=C\C/C=C\CC)OC(=O)CCC/C=C\C/C=C\C/C=C\C/C=C\CCCCC. The lowest BCUT2D eigenvalue weighted by molar-refractivity contribution is -0.166. The van der Waals surface area contributed by atoms with E-state index in [-0.39, 0.29) is 32.5 Å². The molecule has 73 heavy (non-hydrogen) atoms. The number of allylic oxidation sites excluding steroid dienone is 32. The number of esters is 3. The van der Waals surface area contributed by atoms with Crippen LogP contribution in [0.4, 0.5) is 0 Å². The highest BCUT2D eigenvalue weighted by molar-refractivity contribution is 5.71. The Bertz CT molecular complexity index is 1720. The zero-order chi connectivity index (χ0) is 52.9. The standard InChI is InChI=1S/C67H98O6/c1-4-7-10-13-16-19-22-25-28-31-33-36-38-41-44-47-50-53-56-59-65(68)71-62-64(73-67(70)61-58-55-52-49-46-43-40-35-30-27-24-21-18-15-12-9-6-3)63-72-66(69)60-57-54-51-48-45-42-39-37-34-32-29-26-23-20-17-14-11-8-5-2/h7-8,10-11,16-21,25-30,33-34,36-37,40-45,49-54,64H,4-6,9,12-15,22-24,31-32,35,38-39,46-48,55-63H2,1-3H3/b10-7-,11-8-,19-16-,20-17-,21-18-,28-25-,29-26-,30-27-,36-33-,37-34-,43-40-,44-41-,45-42-,52-49-,53-50-,54-51-. The number of unbranched alkanes of at least 4 members (excludes halogenated alkanes) is 4. The van der Waals surface area contributed by atoms with Crippen molar-refractivity contribution in [2.75, 3.05) is 13.2 Å². The van der Waals surface area contributed by atoms with E-state index in [1.54, 1.807) is 0 Å². The van der Waals surface area contributed by atoms with Crippen LogP contribution in [-0.2, 0) is 28.6 Å². The van der Waals surface area contributed by atoms with E-state index < -0.39 is 24.0 Å². The van der Waals surface area contributed by atoms with Gasteiger partial charge in [0.2, 0.25) is 0 Å². The molecule has 6 heteroatoms. The third-order valence-corrected chi connectivity index (χ3v) is 10.6. The molecule has 0 saturated carbocycles. The second-order valence-electron chi connectivity index (χ2n) is 17.4. The Hall–Kier alpha value is -5.75. The number of ether oxygens (including phenoxy) is 3. The highest BCUT2D eigenvalue weighted by atomic mass is 16.6. The summed E-state index contributed by atoms with van der Waals surface area (Å²) in [6.45, 7) is 6.17. The Morgan fingerprint density at radius 1 is 0.288 bits per heavy atom. The van der Waals surface area contributed by atoms with Crippen LogP contribution in [0.25, 0.3) is 0 Å². The maximum absolute atomic E-state index is 12.8. The van der Waals surface area contributed by atoms with Gasteiger partial charge in [0.1, 0.15) is 13.2 Å². The van der Waals surface area contributed by atoms with Crippen LogP contribution < -0.4 is 0 Å². The van der Waals surface area contributed by atoms with Gasteiger partial charge in [0.05, 0.1) is 0 Å². The molecule has 0 aliphatic carbocycles. The van der Waals surface area contributed by atoms with Gasteiger partial charge in [-0.05, 0) is 135 Å². The monoisotopic (exact) mass is 999 g/mol. The van der Waals surface area contributed by atoms with Crippen molar-refractivity contribution in [1.29, 1.82) is 0 Å². The van der Waals surface area contributed by atoms with E-state index in [9.17, 15) is 14.4 Å². The van der Waals surface area contributed by atoms with Gasteiger partial charge in [-0.15, -0.1) is 0 Å². The van der Waals surface area contributed by atoms with Crippen LogP contribution in [-0.4, -0.2) is 37.2 Å². The zero-order valence-electron chi connectivity index (χ0n) is 45.8. The molecule has 0 spiro atoms. The normalized spacial score (nSPS) is 13.3. The maximum atomic E-state index is 12.8. The minimum absolute atomic E-state index is 0.175. The molecule has 0 aromatic carbocycles. The van der Waals surface area contributed by atoms with Crippen molar-refractivity contribution in [3.05, 3.63) is 194 Å². The van der Waals surface area contributed by atoms with Gasteiger partial charge < -0.3 is 14.2 Å². The highest BCUT2D eigenvalue weighted by Crippen LogP contribution is 2.08. The van der Waals surface area contributed by atoms with Crippen LogP contribution >= 0.6 is 0 Å². The second-order valence-corrected chi connectivity index (χ2v) is 17.4. The molecule has 0 saturated heterocycles. The van der Waals surface area contributed by atoms with E-state index in [0.717, 1.165) is 103 Å². The number of hydrogen-bond acceptors (Lipinski definition) is 6. The maximum Gasteiger partial charge on any atom is 0.306 e. The molecule has 0 aromatic rings. The Labute approximate surface area is 446 Å². The van der Waals surface area contributed by atoms with Gasteiger partial charge in [-0.2, -0.15) is 0 Å². The lowest BCUT2D eigenvalue weighted by atomic mass is 10.2. The number of carbonyl (C=O) groups excluding carboxylic acids is 3.